The van der Waals surface area contributed by atoms with E-state index in [1.807, 2.05) is 44.2 Å². The molecule has 2 saturated heterocycles. The number of carbonyl (C=O) groups is 1. The highest BCUT2D eigenvalue weighted by Crippen LogP contribution is 2.33. The quantitative estimate of drug-likeness (QED) is 0.364. The number of alkyl carbamates (subject to hydrolysis) is 1. The lowest BCUT2D eigenvalue weighted by molar-refractivity contribution is -0.0907. The van der Waals surface area contributed by atoms with Gasteiger partial charge in [0.05, 0.1) is 36.2 Å². The van der Waals surface area contributed by atoms with Crippen molar-refractivity contribution in [2.45, 2.75) is 56.1 Å². The van der Waals surface area contributed by atoms with Crippen molar-refractivity contribution in [3.63, 3.8) is 0 Å². The van der Waals surface area contributed by atoms with Crippen LogP contribution in [0.3, 0.4) is 0 Å². The molecule has 1 amide bonds. The minimum atomic E-state index is -3.93. The van der Waals surface area contributed by atoms with Crippen LogP contribution in [0.1, 0.15) is 25.8 Å². The van der Waals surface area contributed by atoms with Gasteiger partial charge in [0.2, 0.25) is 10.0 Å². The van der Waals surface area contributed by atoms with Crippen LogP contribution in [0.5, 0.6) is 0 Å². The molecule has 0 radical (unpaired) electrons. The third kappa shape index (κ3) is 7.03. The number of amides is 1. The zero-order chi connectivity index (χ0) is 27.3. The van der Waals surface area contributed by atoms with E-state index in [1.165, 1.54) is 28.6 Å². The number of sulfonamides is 1. The van der Waals surface area contributed by atoms with Crippen LogP contribution in [0.2, 0.25) is 0 Å². The second kappa shape index (κ2) is 12.4. The predicted octanol–water partition coefficient (Wildman–Crippen LogP) is 2.38. The smallest absolute Gasteiger partial charge is 0.407 e. The maximum absolute atomic E-state index is 13.5. The molecule has 0 aliphatic carbocycles. The highest BCUT2D eigenvalue weighted by atomic mass is 32.2. The van der Waals surface area contributed by atoms with Gasteiger partial charge in [0, 0.05) is 18.8 Å². The van der Waals surface area contributed by atoms with Gasteiger partial charge >= 0.3 is 6.09 Å². The van der Waals surface area contributed by atoms with E-state index >= 15 is 0 Å². The Balaban J connectivity index is 1.51. The fourth-order valence-corrected chi connectivity index (χ4v) is 6.45. The van der Waals surface area contributed by atoms with Gasteiger partial charge in [0.15, 0.2) is 6.29 Å². The maximum Gasteiger partial charge on any atom is 0.407 e. The Labute approximate surface area is 224 Å². The van der Waals surface area contributed by atoms with Crippen molar-refractivity contribution in [1.29, 1.82) is 0 Å². The summed E-state index contributed by atoms with van der Waals surface area (Å²) in [6, 6.07) is 14.5. The molecule has 0 saturated carbocycles. The number of nitrogens with zero attached hydrogens (tertiary/aromatic N) is 1. The SMILES string of the molecule is CC(C)CN(C[C@@H](O)[C@@H](Cc1ccccc1)NC(=O)OC1CO[C@H]2OCCC12)S(=O)(=O)c1ccc(N)cc1. The Hall–Kier alpha value is -2.70. The number of fused-ring (bicyclic) bond motifs is 1. The molecule has 4 rings (SSSR count). The molecule has 10 nitrogen and oxygen atoms in total. The van der Waals surface area contributed by atoms with Crippen molar-refractivity contribution >= 4 is 21.8 Å². The standard InChI is InChI=1S/C27H37N3O7S/c1-18(2)15-30(38(33,34)21-10-8-20(28)9-11-21)16-24(31)23(14-19-6-4-3-5-7-19)29-27(32)37-25-17-36-26-22(25)12-13-35-26/h3-11,18,22-26,31H,12-17,28H2,1-2H3,(H,29,32)/t22?,23-,24-,25?,26-/m1/s1. The molecular formula is C27H37N3O7S. The first-order valence-electron chi connectivity index (χ1n) is 12.9. The fraction of sp³-hybridized carbons (Fsp3) is 0.519. The van der Waals surface area contributed by atoms with Crippen LogP contribution in [-0.2, 0) is 30.7 Å². The van der Waals surface area contributed by atoms with Gasteiger partial charge in [-0.1, -0.05) is 44.2 Å². The van der Waals surface area contributed by atoms with Crippen molar-refractivity contribution in [1.82, 2.24) is 9.62 Å². The second-order valence-corrected chi connectivity index (χ2v) is 12.2. The number of nitrogens with one attached hydrogen (secondary N) is 1. The summed E-state index contributed by atoms with van der Waals surface area (Å²) in [5.41, 5.74) is 7.07. The van der Waals surface area contributed by atoms with E-state index in [1.54, 1.807) is 0 Å². The molecule has 38 heavy (non-hydrogen) atoms. The summed E-state index contributed by atoms with van der Waals surface area (Å²) in [5, 5.41) is 14.1. The summed E-state index contributed by atoms with van der Waals surface area (Å²) < 4.78 is 44.9. The molecular weight excluding hydrogens is 510 g/mol. The molecule has 2 heterocycles. The van der Waals surface area contributed by atoms with Gasteiger partial charge in [0.1, 0.15) is 6.10 Å². The van der Waals surface area contributed by atoms with E-state index < -0.39 is 34.4 Å². The van der Waals surface area contributed by atoms with E-state index in [9.17, 15) is 18.3 Å². The third-order valence-corrected chi connectivity index (χ3v) is 8.63. The van der Waals surface area contributed by atoms with E-state index in [2.05, 4.69) is 5.32 Å². The van der Waals surface area contributed by atoms with Gasteiger partial charge in [-0.15, -0.1) is 0 Å². The number of aliphatic hydroxyl groups is 1. The normalized spacial score (nSPS) is 22.8. The van der Waals surface area contributed by atoms with Crippen LogP contribution in [0.4, 0.5) is 10.5 Å². The Kier molecular flexibility index (Phi) is 9.27. The van der Waals surface area contributed by atoms with Crippen molar-refractivity contribution < 1.29 is 32.5 Å². The van der Waals surface area contributed by atoms with Crippen LogP contribution in [0.15, 0.2) is 59.5 Å². The Morgan fingerprint density at radius 1 is 1.13 bits per heavy atom. The lowest BCUT2D eigenvalue weighted by atomic mass is 10.0. The van der Waals surface area contributed by atoms with Crippen LogP contribution < -0.4 is 11.1 Å². The van der Waals surface area contributed by atoms with E-state index in [0.717, 1.165) is 12.0 Å². The van der Waals surface area contributed by atoms with Crippen molar-refractivity contribution in [2.75, 3.05) is 32.0 Å². The first kappa shape index (κ1) is 28.3. The molecule has 2 fully saturated rings. The molecule has 0 aromatic heterocycles. The first-order chi connectivity index (χ1) is 18.1. The number of rotatable bonds is 11. The number of carbonyl (C=O) groups excluding carboxylic acids is 1. The molecule has 0 spiro atoms. The number of aliphatic hydroxyl groups excluding tert-OH is 1. The summed E-state index contributed by atoms with van der Waals surface area (Å²) in [5.74, 6) is -0.0231. The number of ether oxygens (including phenoxy) is 3. The number of hydrogen-bond donors (Lipinski definition) is 3. The Morgan fingerprint density at radius 3 is 2.53 bits per heavy atom. The lowest BCUT2D eigenvalue weighted by Gasteiger charge is -2.31. The Bertz CT molecular complexity index is 1160. The van der Waals surface area contributed by atoms with Crippen LogP contribution in [0.25, 0.3) is 0 Å². The zero-order valence-electron chi connectivity index (χ0n) is 21.7. The highest BCUT2D eigenvalue weighted by molar-refractivity contribution is 7.89. The molecule has 4 N–H and O–H groups in total. The molecule has 2 aromatic carbocycles. The van der Waals surface area contributed by atoms with Gasteiger partial charge in [0.25, 0.3) is 0 Å². The summed E-state index contributed by atoms with van der Waals surface area (Å²) in [6.45, 7) is 4.58. The van der Waals surface area contributed by atoms with Crippen molar-refractivity contribution in [3.8, 4) is 0 Å². The summed E-state index contributed by atoms with van der Waals surface area (Å²) in [4.78, 5) is 13.0. The molecule has 2 unspecified atom stereocenters. The first-order valence-corrected chi connectivity index (χ1v) is 14.4. The minimum Gasteiger partial charge on any atom is -0.443 e. The molecule has 208 valence electrons. The summed E-state index contributed by atoms with van der Waals surface area (Å²) >= 11 is 0. The number of hydrogen-bond acceptors (Lipinski definition) is 8. The molecule has 2 aliphatic rings. The van der Waals surface area contributed by atoms with Crippen molar-refractivity contribution in [3.05, 3.63) is 60.2 Å². The molecule has 5 atom stereocenters. The lowest BCUT2D eigenvalue weighted by Crippen LogP contribution is -2.51. The average molecular weight is 548 g/mol. The maximum atomic E-state index is 13.5. The number of nitrogens with two attached hydrogens (primary N) is 1. The average Bonchev–Trinajstić information content (AvgIpc) is 3.49. The minimum absolute atomic E-state index is 0.000183. The summed E-state index contributed by atoms with van der Waals surface area (Å²) in [7, 11) is -3.93. The van der Waals surface area contributed by atoms with Crippen molar-refractivity contribution in [2.24, 2.45) is 11.8 Å². The van der Waals surface area contributed by atoms with E-state index in [-0.39, 0.29) is 49.1 Å². The topological polar surface area (TPSA) is 140 Å². The van der Waals surface area contributed by atoms with Gasteiger partial charge in [-0.05, 0) is 48.6 Å². The van der Waals surface area contributed by atoms with Gasteiger partial charge < -0.3 is 30.4 Å². The monoisotopic (exact) mass is 547 g/mol. The third-order valence-electron chi connectivity index (χ3n) is 6.79. The number of anilines is 1. The van der Waals surface area contributed by atoms with Crippen LogP contribution >= 0.6 is 0 Å². The van der Waals surface area contributed by atoms with Crippen LogP contribution in [-0.4, -0.2) is 74.8 Å². The number of benzene rings is 2. The zero-order valence-corrected chi connectivity index (χ0v) is 22.5. The highest BCUT2D eigenvalue weighted by Gasteiger charge is 2.44. The van der Waals surface area contributed by atoms with Crippen LogP contribution in [0, 0.1) is 11.8 Å². The van der Waals surface area contributed by atoms with Gasteiger partial charge in [-0.25, -0.2) is 13.2 Å². The number of nitrogen functional groups attached to an aromatic ring is 1. The molecule has 2 aliphatic heterocycles. The predicted molar refractivity (Wildman–Crippen MR) is 142 cm³/mol. The summed E-state index contributed by atoms with van der Waals surface area (Å²) in [6.07, 6.45) is -1.69. The Morgan fingerprint density at radius 2 is 1.84 bits per heavy atom. The molecule has 2 aromatic rings. The van der Waals surface area contributed by atoms with E-state index in [0.29, 0.717) is 12.3 Å². The van der Waals surface area contributed by atoms with E-state index in [4.69, 9.17) is 19.9 Å². The van der Waals surface area contributed by atoms with Gasteiger partial charge in [-0.3, -0.25) is 0 Å². The fourth-order valence-electron chi connectivity index (χ4n) is 4.82. The molecule has 11 heteroatoms. The molecule has 0 bridgehead atoms. The largest absolute Gasteiger partial charge is 0.443 e. The van der Waals surface area contributed by atoms with Gasteiger partial charge in [-0.2, -0.15) is 4.31 Å². The second-order valence-electron chi connectivity index (χ2n) is 10.3.